The first-order chi connectivity index (χ1) is 33.5. The maximum Gasteiger partial charge on any atom is 0.417 e. The Morgan fingerprint density at radius 2 is 1.08 bits per heavy atom. The molecule has 2 aromatic rings. The van der Waals surface area contributed by atoms with Gasteiger partial charge in [0.1, 0.15) is 11.2 Å². The maximum absolute atomic E-state index is 13.5. The molecule has 4 amide bonds. The molecule has 20 nitrogen and oxygen atoms in total. The summed E-state index contributed by atoms with van der Waals surface area (Å²) >= 11 is 0. The van der Waals surface area contributed by atoms with Crippen LogP contribution in [0.25, 0.3) is 4.85 Å². The fourth-order valence-corrected chi connectivity index (χ4v) is 11.1. The van der Waals surface area contributed by atoms with Gasteiger partial charge >= 0.3 is 24.3 Å². The molecule has 4 unspecified atom stereocenters. The topological polar surface area (TPSA) is 251 Å². The molecule has 6 heterocycles. The summed E-state index contributed by atoms with van der Waals surface area (Å²) in [6.45, 7) is 12.2. The molecule has 0 saturated carbocycles. The van der Waals surface area contributed by atoms with Crippen LogP contribution in [0, 0.1) is 41.6 Å². The zero-order chi connectivity index (χ0) is 53.4. The predicted molar refractivity (Wildman–Crippen MR) is 225 cm³/mol. The average molecular weight is 1020 g/mol. The summed E-state index contributed by atoms with van der Waals surface area (Å²) in [6.07, 6.45) is -10.6. The molecule has 26 heteroatoms. The first-order valence-electron chi connectivity index (χ1n) is 21.8. The lowest BCUT2D eigenvalue weighted by molar-refractivity contribution is -0.199. The lowest BCUT2D eigenvalue weighted by Crippen LogP contribution is -2.62. The van der Waals surface area contributed by atoms with Crippen molar-refractivity contribution >= 4 is 52.6 Å². The molecular formula is C46H46F6N4O16. The first kappa shape index (κ1) is 53.7. The second-order valence-corrected chi connectivity index (χ2v) is 18.6. The van der Waals surface area contributed by atoms with Crippen molar-refractivity contribution in [1.29, 1.82) is 5.26 Å². The molecule has 4 bridgehead atoms. The number of fused-ring (bicyclic) bond motifs is 10. The molecule has 388 valence electrons. The summed E-state index contributed by atoms with van der Waals surface area (Å²) < 4.78 is 123. The van der Waals surface area contributed by atoms with Gasteiger partial charge in [-0.2, -0.15) is 31.6 Å². The summed E-state index contributed by atoms with van der Waals surface area (Å²) in [5.74, 6) is -10.8. The molecule has 2 aromatic carbocycles. The Balaban J connectivity index is 0.000000211. The van der Waals surface area contributed by atoms with Crippen LogP contribution in [0.2, 0.25) is 0 Å². The van der Waals surface area contributed by atoms with E-state index in [0.717, 1.165) is 24.3 Å². The number of benzene rings is 2. The predicted octanol–water partition coefficient (Wildman–Crippen LogP) is 3.74. The number of ether oxygens (including phenoxy) is 8. The van der Waals surface area contributed by atoms with Gasteiger partial charge in [-0.25, -0.2) is 24.2 Å². The van der Waals surface area contributed by atoms with Crippen molar-refractivity contribution in [2.24, 2.45) is 23.7 Å². The minimum atomic E-state index is -4.90. The van der Waals surface area contributed by atoms with Crippen molar-refractivity contribution in [3.63, 3.8) is 0 Å². The molecule has 6 aliphatic rings. The van der Waals surface area contributed by atoms with E-state index in [1.54, 1.807) is 0 Å². The number of esters is 2. The molecule has 10 atom stereocenters. The van der Waals surface area contributed by atoms with Gasteiger partial charge in [-0.3, -0.25) is 19.2 Å². The Morgan fingerprint density at radius 1 is 0.694 bits per heavy atom. The summed E-state index contributed by atoms with van der Waals surface area (Å²) in [5, 5.41) is 31.7. The summed E-state index contributed by atoms with van der Waals surface area (Å²) in [4.78, 5) is 83.4. The van der Waals surface area contributed by atoms with E-state index < -0.39 is 141 Å². The molecule has 6 aliphatic heterocycles. The third-order valence-corrected chi connectivity index (χ3v) is 14.3. The third-order valence-electron chi connectivity index (χ3n) is 14.3. The number of hydrogen-bond acceptors (Lipinski definition) is 17. The number of anilines is 2. The van der Waals surface area contributed by atoms with Crippen LogP contribution in [0.5, 0.6) is 0 Å². The molecular weight excluding hydrogens is 979 g/mol. The normalized spacial score (nSPS) is 33.1. The average Bonchev–Trinajstić information content (AvgIpc) is 4.03. The van der Waals surface area contributed by atoms with E-state index in [0.29, 0.717) is 21.9 Å². The number of imide groups is 2. The Bertz CT molecular complexity index is 2510. The molecule has 6 saturated heterocycles. The van der Waals surface area contributed by atoms with Crippen molar-refractivity contribution in [2.45, 2.75) is 86.5 Å². The van der Waals surface area contributed by atoms with Gasteiger partial charge in [0, 0.05) is 32.7 Å². The van der Waals surface area contributed by atoms with E-state index in [-0.39, 0.29) is 50.6 Å². The number of nitrogens with zero attached hydrogens (tertiary/aromatic N) is 4. The van der Waals surface area contributed by atoms with Gasteiger partial charge in [0.25, 0.3) is 0 Å². The van der Waals surface area contributed by atoms with Crippen LogP contribution in [-0.2, 0) is 79.0 Å². The number of methoxy groups -OCH3 is 2. The van der Waals surface area contributed by atoms with Crippen molar-refractivity contribution in [3.05, 3.63) is 64.5 Å². The lowest BCUT2D eigenvalue weighted by Gasteiger charge is -2.40. The highest BCUT2D eigenvalue weighted by atomic mass is 19.4. The van der Waals surface area contributed by atoms with Gasteiger partial charge in [-0.15, -0.1) is 0 Å². The van der Waals surface area contributed by atoms with Crippen LogP contribution in [0.1, 0.15) is 57.2 Å². The standard InChI is InChI=1S/2C23H23F3N2O8/c1-20-10-22(32,19(31)35-11-34-8-7-33-4)21(2,36-20)16-15(20)17(29)28(18(16)30)12-5-6-14(27-3)13(9-12)23(24,25)26;1-20-10-22(32,19(31)35-11-34-7-6-33-3)21(2,36-20)16-15(20)17(29)28(18(16)30)13-5-4-12(9-27)14(8-13)23(24,25)26/h5-6,9,15-16,32H,7-8,10-11H2,1-2,4H3;4-5,8,15-16,32H,6-7,10-11H2,1-3H3/t2*15-,16+,20?,21?,22-/m10/s1. The van der Waals surface area contributed by atoms with Crippen molar-refractivity contribution in [3.8, 4) is 6.07 Å². The molecule has 8 rings (SSSR count). The second kappa shape index (κ2) is 18.4. The third kappa shape index (κ3) is 8.17. The Kier molecular flexibility index (Phi) is 13.7. The van der Waals surface area contributed by atoms with Gasteiger partial charge in [0.05, 0.1) is 96.3 Å². The van der Waals surface area contributed by atoms with E-state index in [2.05, 4.69) is 4.85 Å². The monoisotopic (exact) mass is 1020 g/mol. The molecule has 0 aliphatic carbocycles. The van der Waals surface area contributed by atoms with E-state index in [9.17, 15) is 65.3 Å². The van der Waals surface area contributed by atoms with Crippen molar-refractivity contribution in [2.75, 3.05) is 64.0 Å². The van der Waals surface area contributed by atoms with Crippen LogP contribution >= 0.6 is 0 Å². The van der Waals surface area contributed by atoms with Gasteiger partial charge < -0.3 is 48.1 Å². The van der Waals surface area contributed by atoms with Crippen molar-refractivity contribution in [1.82, 2.24) is 0 Å². The highest BCUT2D eigenvalue weighted by Crippen LogP contribution is 2.66. The largest absolute Gasteiger partial charge is 0.436 e. The minimum absolute atomic E-state index is 0.116. The van der Waals surface area contributed by atoms with Crippen LogP contribution in [0.3, 0.4) is 0 Å². The maximum atomic E-state index is 13.5. The number of carbonyl (C=O) groups excluding carboxylic acids is 6. The number of halogens is 6. The number of amides is 4. The highest BCUT2D eigenvalue weighted by molar-refractivity contribution is 6.24. The van der Waals surface area contributed by atoms with Gasteiger partial charge in [0.2, 0.25) is 23.6 Å². The zero-order valence-corrected chi connectivity index (χ0v) is 39.1. The number of rotatable bonds is 14. The van der Waals surface area contributed by atoms with Crippen molar-refractivity contribution < 1.29 is 103 Å². The van der Waals surface area contributed by atoms with Gasteiger partial charge in [0.15, 0.2) is 30.5 Å². The Morgan fingerprint density at radius 3 is 1.46 bits per heavy atom. The Hall–Kier alpha value is -6.10. The van der Waals surface area contributed by atoms with Gasteiger partial charge in [-0.05, 0) is 58.0 Å². The molecule has 72 heavy (non-hydrogen) atoms. The summed E-state index contributed by atoms with van der Waals surface area (Å²) in [6, 6.07) is 6.45. The first-order valence-corrected chi connectivity index (χ1v) is 21.8. The quantitative estimate of drug-likeness (QED) is 0.0683. The lowest BCUT2D eigenvalue weighted by atomic mass is 9.61. The van der Waals surface area contributed by atoms with Crippen LogP contribution in [0.4, 0.5) is 43.4 Å². The number of alkyl halides is 6. The van der Waals surface area contributed by atoms with E-state index in [1.807, 2.05) is 0 Å². The van der Waals surface area contributed by atoms with Crippen LogP contribution in [-0.4, -0.2) is 134 Å². The molecule has 0 aromatic heterocycles. The SMILES string of the molecule is COCCOCOC(=O)[C@@]1(O)CC2(C)OC1(C)[C@H]1C(=O)N(c3ccc(C#N)c(C(F)(F)F)c3)C(=O)[C@H]12.[C-]#[N+]c1ccc(N2C(=O)[C@@H]3[C@H](C2=O)C2(C)C[C@@](O)(C(=O)OCOCCOC)C3(C)O2)cc1C(F)(F)F. The van der Waals surface area contributed by atoms with E-state index >= 15 is 0 Å². The number of hydrogen-bond donors (Lipinski definition) is 2. The summed E-state index contributed by atoms with van der Waals surface area (Å²) in [7, 11) is 2.91. The Labute approximate surface area is 405 Å². The van der Waals surface area contributed by atoms with Crippen LogP contribution in [0.15, 0.2) is 36.4 Å². The van der Waals surface area contributed by atoms with Crippen LogP contribution < -0.4 is 9.80 Å². The second-order valence-electron chi connectivity index (χ2n) is 18.6. The number of carbonyl (C=O) groups is 6. The fourth-order valence-electron chi connectivity index (χ4n) is 11.1. The molecule has 0 radical (unpaired) electrons. The minimum Gasteiger partial charge on any atom is -0.436 e. The zero-order valence-electron chi connectivity index (χ0n) is 39.1. The van der Waals surface area contributed by atoms with E-state index in [4.69, 9.17) is 49.7 Å². The highest BCUT2D eigenvalue weighted by Gasteiger charge is 2.84. The summed E-state index contributed by atoms with van der Waals surface area (Å²) in [5.41, 5.74) is -16.1. The smallest absolute Gasteiger partial charge is 0.417 e. The number of nitriles is 1. The number of aliphatic hydroxyl groups is 2. The fraction of sp³-hybridized carbons (Fsp3) is 0.565. The van der Waals surface area contributed by atoms with Gasteiger partial charge in [-0.1, -0.05) is 6.07 Å². The van der Waals surface area contributed by atoms with E-state index in [1.165, 1.54) is 48.0 Å². The molecule has 6 fully saturated rings. The molecule has 2 N–H and O–H groups in total. The molecule has 0 spiro atoms.